The largest absolute Gasteiger partial charge is 0.354 e. The van der Waals surface area contributed by atoms with Crippen LogP contribution >= 0.6 is 0 Å². The fraction of sp³-hybridized carbons (Fsp3) is 0.208. The molecule has 0 unspecified atom stereocenters. The van der Waals surface area contributed by atoms with Crippen molar-refractivity contribution in [2.75, 3.05) is 43.4 Å². The molecule has 5 rings (SSSR count). The summed E-state index contributed by atoms with van der Waals surface area (Å²) < 4.78 is 13.5. The molecule has 1 aliphatic heterocycles. The van der Waals surface area contributed by atoms with E-state index in [2.05, 4.69) is 42.1 Å². The van der Waals surface area contributed by atoms with Gasteiger partial charge in [0, 0.05) is 66.8 Å². The molecule has 0 aliphatic carbocycles. The topological polar surface area (TPSA) is 87.1 Å². The maximum absolute atomic E-state index is 13.5. The van der Waals surface area contributed by atoms with Crippen molar-refractivity contribution in [1.82, 2.24) is 24.8 Å². The van der Waals surface area contributed by atoms with Gasteiger partial charge in [-0.3, -0.25) is 14.8 Å². The van der Waals surface area contributed by atoms with Gasteiger partial charge in [0.15, 0.2) is 0 Å². The number of fused-ring (bicyclic) bond motifs is 1. The van der Waals surface area contributed by atoms with Crippen molar-refractivity contribution in [3.63, 3.8) is 0 Å². The van der Waals surface area contributed by atoms with Crippen LogP contribution in [0, 0.1) is 5.82 Å². The minimum atomic E-state index is -0.413. The molecule has 1 saturated heterocycles. The van der Waals surface area contributed by atoms with Gasteiger partial charge in [-0.2, -0.15) is 0 Å². The highest BCUT2D eigenvalue weighted by molar-refractivity contribution is 6.04. The zero-order valence-electron chi connectivity index (χ0n) is 18.1. The van der Waals surface area contributed by atoms with E-state index in [1.54, 1.807) is 43.0 Å². The van der Waals surface area contributed by atoms with E-state index in [4.69, 9.17) is 0 Å². The van der Waals surface area contributed by atoms with Crippen LogP contribution in [0.25, 0.3) is 22.0 Å². The van der Waals surface area contributed by atoms with Crippen molar-refractivity contribution >= 4 is 28.4 Å². The number of amides is 1. The third-order valence-corrected chi connectivity index (χ3v) is 5.68. The third kappa shape index (κ3) is 4.63. The first-order valence-electron chi connectivity index (χ1n) is 10.6. The summed E-state index contributed by atoms with van der Waals surface area (Å²) in [6, 6.07) is 8.51. The van der Waals surface area contributed by atoms with E-state index in [1.807, 2.05) is 6.07 Å². The van der Waals surface area contributed by atoms with Crippen molar-refractivity contribution in [2.45, 2.75) is 0 Å². The molecule has 166 valence electrons. The average Bonchev–Trinajstić information content (AvgIpc) is 2.84. The molecule has 1 fully saturated rings. The summed E-state index contributed by atoms with van der Waals surface area (Å²) in [7, 11) is 2.10. The molecule has 4 aromatic heterocycles. The zero-order chi connectivity index (χ0) is 22.8. The summed E-state index contributed by atoms with van der Waals surface area (Å²) in [5.41, 5.74) is 2.53. The number of hydrogen-bond donors (Lipinski definition) is 1. The van der Waals surface area contributed by atoms with Crippen molar-refractivity contribution in [3.05, 3.63) is 72.7 Å². The Labute approximate surface area is 190 Å². The number of likely N-dealkylation sites (N-methyl/N-ethyl adjacent to an activating group) is 1. The SMILES string of the molecule is CN1CCN(c2cc(C(=O)Nc3cc4cc(-c5cncc(F)c5)cnc4cn3)ccn2)CC1. The van der Waals surface area contributed by atoms with E-state index < -0.39 is 5.82 Å². The third-order valence-electron chi connectivity index (χ3n) is 5.68. The molecule has 33 heavy (non-hydrogen) atoms. The van der Waals surface area contributed by atoms with Gasteiger partial charge in [0.25, 0.3) is 5.91 Å². The number of anilines is 2. The molecule has 0 saturated carbocycles. The number of nitrogens with zero attached hydrogens (tertiary/aromatic N) is 6. The molecule has 9 heteroatoms. The Kier molecular flexibility index (Phi) is 5.62. The summed E-state index contributed by atoms with van der Waals surface area (Å²) in [6.07, 6.45) is 7.64. The molecule has 0 spiro atoms. The Morgan fingerprint density at radius 1 is 0.939 bits per heavy atom. The van der Waals surface area contributed by atoms with Gasteiger partial charge < -0.3 is 15.1 Å². The number of hydrogen-bond acceptors (Lipinski definition) is 7. The Morgan fingerprint density at radius 2 is 1.76 bits per heavy atom. The van der Waals surface area contributed by atoms with E-state index in [1.165, 1.54) is 6.07 Å². The maximum atomic E-state index is 13.5. The van der Waals surface area contributed by atoms with E-state index in [0.717, 1.165) is 49.1 Å². The molecule has 4 aromatic rings. The first-order valence-corrected chi connectivity index (χ1v) is 10.6. The number of aromatic nitrogens is 4. The van der Waals surface area contributed by atoms with Crippen molar-refractivity contribution in [2.24, 2.45) is 0 Å². The first kappa shape index (κ1) is 20.9. The summed E-state index contributed by atoms with van der Waals surface area (Å²) in [5, 5.41) is 3.62. The molecule has 8 nitrogen and oxygen atoms in total. The normalized spacial score (nSPS) is 14.4. The lowest BCUT2D eigenvalue weighted by Gasteiger charge is -2.33. The quantitative estimate of drug-likeness (QED) is 0.518. The molecule has 1 N–H and O–H groups in total. The van der Waals surface area contributed by atoms with Gasteiger partial charge in [0.1, 0.15) is 17.5 Å². The monoisotopic (exact) mass is 443 g/mol. The minimum Gasteiger partial charge on any atom is -0.354 e. The summed E-state index contributed by atoms with van der Waals surface area (Å²) >= 11 is 0. The van der Waals surface area contributed by atoms with Crippen LogP contribution in [-0.2, 0) is 0 Å². The van der Waals surface area contributed by atoms with Crippen LogP contribution in [0.4, 0.5) is 16.0 Å². The Balaban J connectivity index is 1.36. The fourth-order valence-electron chi connectivity index (χ4n) is 3.78. The predicted molar refractivity (Wildman–Crippen MR) is 125 cm³/mol. The van der Waals surface area contributed by atoms with Gasteiger partial charge in [-0.05, 0) is 37.4 Å². The summed E-state index contributed by atoms with van der Waals surface area (Å²) in [5.74, 6) is 0.517. The lowest BCUT2D eigenvalue weighted by molar-refractivity contribution is 0.102. The van der Waals surface area contributed by atoms with Gasteiger partial charge in [0.05, 0.1) is 17.9 Å². The standard InChI is InChI=1S/C24H22FN7O/c1-31-4-6-32(7-5-31)23-11-16(2-3-27-23)24(33)30-22-10-17-8-18(13-28-21(17)15-29-22)19-9-20(25)14-26-12-19/h2-3,8-15H,4-7H2,1H3,(H,29,30,33). The number of pyridine rings is 4. The number of carbonyl (C=O) groups is 1. The number of nitrogens with one attached hydrogen (secondary N) is 1. The Hall–Kier alpha value is -3.98. The van der Waals surface area contributed by atoms with E-state index in [9.17, 15) is 9.18 Å². The van der Waals surface area contributed by atoms with Gasteiger partial charge in [-0.15, -0.1) is 0 Å². The molecule has 1 amide bonds. The predicted octanol–water partition coefficient (Wildman–Crippen LogP) is 3.23. The van der Waals surface area contributed by atoms with Crippen molar-refractivity contribution in [1.29, 1.82) is 0 Å². The molecule has 0 atom stereocenters. The molecule has 0 aromatic carbocycles. The second-order valence-electron chi connectivity index (χ2n) is 8.03. The van der Waals surface area contributed by atoms with Crippen LogP contribution in [0.3, 0.4) is 0 Å². The van der Waals surface area contributed by atoms with Crippen LogP contribution in [0.1, 0.15) is 10.4 Å². The summed E-state index contributed by atoms with van der Waals surface area (Å²) in [4.78, 5) is 34.4. The van der Waals surface area contributed by atoms with Crippen LogP contribution in [0.2, 0.25) is 0 Å². The van der Waals surface area contributed by atoms with E-state index in [0.29, 0.717) is 22.5 Å². The Morgan fingerprint density at radius 3 is 2.58 bits per heavy atom. The molecule has 1 aliphatic rings. The highest BCUT2D eigenvalue weighted by atomic mass is 19.1. The smallest absolute Gasteiger partial charge is 0.257 e. The number of rotatable bonds is 4. The number of carbonyl (C=O) groups excluding carboxylic acids is 1. The van der Waals surface area contributed by atoms with Crippen molar-refractivity contribution in [3.8, 4) is 11.1 Å². The Bertz CT molecular complexity index is 1320. The molecular formula is C24H22FN7O. The van der Waals surface area contributed by atoms with Crippen LogP contribution < -0.4 is 10.2 Å². The molecular weight excluding hydrogens is 421 g/mol. The first-order chi connectivity index (χ1) is 16.0. The summed E-state index contributed by atoms with van der Waals surface area (Å²) in [6.45, 7) is 3.66. The van der Waals surface area contributed by atoms with Crippen LogP contribution in [0.15, 0.2) is 61.3 Å². The van der Waals surface area contributed by atoms with E-state index >= 15 is 0 Å². The minimum absolute atomic E-state index is 0.266. The average molecular weight is 443 g/mol. The zero-order valence-corrected chi connectivity index (χ0v) is 18.1. The number of piperazine rings is 1. The lowest BCUT2D eigenvalue weighted by atomic mass is 10.1. The van der Waals surface area contributed by atoms with Gasteiger partial charge in [0.2, 0.25) is 0 Å². The maximum Gasteiger partial charge on any atom is 0.257 e. The molecule has 0 radical (unpaired) electrons. The number of halogens is 1. The highest BCUT2D eigenvalue weighted by Crippen LogP contribution is 2.24. The van der Waals surface area contributed by atoms with E-state index in [-0.39, 0.29) is 5.91 Å². The molecule has 5 heterocycles. The lowest BCUT2D eigenvalue weighted by Crippen LogP contribution is -2.44. The van der Waals surface area contributed by atoms with Crippen LogP contribution in [-0.4, -0.2) is 64.0 Å². The van der Waals surface area contributed by atoms with Gasteiger partial charge in [-0.25, -0.2) is 14.4 Å². The van der Waals surface area contributed by atoms with Gasteiger partial charge in [-0.1, -0.05) is 0 Å². The van der Waals surface area contributed by atoms with Crippen molar-refractivity contribution < 1.29 is 9.18 Å². The molecule has 0 bridgehead atoms. The highest BCUT2D eigenvalue weighted by Gasteiger charge is 2.17. The fourth-order valence-corrected chi connectivity index (χ4v) is 3.78. The van der Waals surface area contributed by atoms with Gasteiger partial charge >= 0.3 is 0 Å². The second-order valence-corrected chi connectivity index (χ2v) is 8.03. The second kappa shape index (κ2) is 8.87. The van der Waals surface area contributed by atoms with Crippen LogP contribution in [0.5, 0.6) is 0 Å².